The number of hydrogen-bond acceptors (Lipinski definition) is 4. The summed E-state index contributed by atoms with van der Waals surface area (Å²) in [4.78, 5) is 24.7. The summed E-state index contributed by atoms with van der Waals surface area (Å²) in [6.07, 6.45) is 4.53. The van der Waals surface area contributed by atoms with E-state index in [-0.39, 0.29) is 24.2 Å². The molecule has 2 N–H and O–H groups in total. The molecule has 0 spiro atoms. The van der Waals surface area contributed by atoms with Gasteiger partial charge in [-0.1, -0.05) is 31.0 Å². The van der Waals surface area contributed by atoms with E-state index in [0.717, 1.165) is 25.7 Å². The molecule has 0 unspecified atom stereocenters. The summed E-state index contributed by atoms with van der Waals surface area (Å²) in [5, 5.41) is 24.5. The molecule has 0 bridgehead atoms. The quantitative estimate of drug-likeness (QED) is 0.656. The van der Waals surface area contributed by atoms with E-state index in [9.17, 15) is 20.0 Å². The Morgan fingerprint density at radius 1 is 1.38 bits per heavy atom. The summed E-state index contributed by atoms with van der Waals surface area (Å²) in [6, 6.07) is 6.19. The third-order valence-corrected chi connectivity index (χ3v) is 5.33. The number of rotatable bonds is 3. The molecule has 3 rings (SSSR count). The van der Waals surface area contributed by atoms with Crippen LogP contribution >= 0.6 is 0 Å². The molecule has 1 aliphatic carbocycles. The lowest BCUT2D eigenvalue weighted by Crippen LogP contribution is -2.56. The largest absolute Gasteiger partial charge is 0.389 e. The van der Waals surface area contributed by atoms with Crippen molar-refractivity contribution >= 4 is 11.7 Å². The fourth-order valence-corrected chi connectivity index (χ4v) is 3.88. The minimum atomic E-state index is -0.618. The van der Waals surface area contributed by atoms with Gasteiger partial charge in [0.15, 0.2) is 0 Å². The second-order valence-corrected chi connectivity index (χ2v) is 6.79. The van der Waals surface area contributed by atoms with Crippen LogP contribution in [-0.4, -0.2) is 39.7 Å². The number of fused-ring (bicyclic) bond motifs is 1. The molecule has 24 heavy (non-hydrogen) atoms. The Hall–Kier alpha value is -2.15. The number of para-hydroxylation sites is 1. The summed E-state index contributed by atoms with van der Waals surface area (Å²) in [5.41, 5.74) is -0.118. The average Bonchev–Trinajstić information content (AvgIpc) is 2.59. The van der Waals surface area contributed by atoms with Gasteiger partial charge in [0.05, 0.1) is 17.1 Å². The molecule has 1 saturated heterocycles. The van der Waals surface area contributed by atoms with Gasteiger partial charge in [-0.2, -0.15) is 0 Å². The lowest BCUT2D eigenvalue weighted by Gasteiger charge is -2.47. The molecule has 1 saturated carbocycles. The normalized spacial score (nSPS) is 26.5. The molecular weight excluding hydrogens is 310 g/mol. The van der Waals surface area contributed by atoms with Crippen LogP contribution in [-0.2, 0) is 6.54 Å². The van der Waals surface area contributed by atoms with Crippen molar-refractivity contribution in [1.82, 2.24) is 10.2 Å². The highest BCUT2D eigenvalue weighted by Gasteiger charge is 2.43. The van der Waals surface area contributed by atoms with Crippen LogP contribution in [0.5, 0.6) is 0 Å². The van der Waals surface area contributed by atoms with Crippen molar-refractivity contribution in [2.24, 2.45) is 5.92 Å². The van der Waals surface area contributed by atoms with Gasteiger partial charge in [0.25, 0.3) is 5.69 Å². The molecule has 0 aromatic heterocycles. The van der Waals surface area contributed by atoms with Crippen molar-refractivity contribution in [2.45, 2.75) is 44.2 Å². The smallest absolute Gasteiger partial charge is 0.317 e. The lowest BCUT2D eigenvalue weighted by atomic mass is 9.71. The van der Waals surface area contributed by atoms with Crippen molar-refractivity contribution in [3.8, 4) is 0 Å². The zero-order chi connectivity index (χ0) is 17.2. The predicted octanol–water partition coefficient (Wildman–Crippen LogP) is 2.43. The van der Waals surface area contributed by atoms with Crippen LogP contribution in [0.3, 0.4) is 0 Å². The van der Waals surface area contributed by atoms with Gasteiger partial charge in [-0.15, -0.1) is 0 Å². The fourth-order valence-electron chi connectivity index (χ4n) is 3.88. The number of nitro groups is 1. The van der Waals surface area contributed by atoms with Crippen LogP contribution in [0.4, 0.5) is 10.5 Å². The molecule has 7 heteroatoms. The topological polar surface area (TPSA) is 95.7 Å². The highest BCUT2D eigenvalue weighted by Crippen LogP contribution is 2.39. The Morgan fingerprint density at radius 3 is 2.96 bits per heavy atom. The van der Waals surface area contributed by atoms with Crippen molar-refractivity contribution in [3.63, 3.8) is 0 Å². The maximum absolute atomic E-state index is 12.4. The summed E-state index contributed by atoms with van der Waals surface area (Å²) < 4.78 is 0. The highest BCUT2D eigenvalue weighted by molar-refractivity contribution is 5.74. The summed E-state index contributed by atoms with van der Waals surface area (Å²) in [6.45, 7) is 1.20. The van der Waals surface area contributed by atoms with Gasteiger partial charge in [-0.05, 0) is 19.3 Å². The molecule has 130 valence electrons. The van der Waals surface area contributed by atoms with E-state index in [1.54, 1.807) is 23.1 Å². The number of carbonyl (C=O) groups is 1. The maximum atomic E-state index is 12.4. The number of carbonyl (C=O) groups excluding carboxylic acids is 1. The summed E-state index contributed by atoms with van der Waals surface area (Å²) >= 11 is 0. The van der Waals surface area contributed by atoms with E-state index in [0.29, 0.717) is 25.1 Å². The second-order valence-electron chi connectivity index (χ2n) is 6.79. The number of benzene rings is 1. The maximum Gasteiger partial charge on any atom is 0.317 e. The third-order valence-electron chi connectivity index (χ3n) is 5.33. The number of nitrogens with one attached hydrogen (secondary N) is 1. The van der Waals surface area contributed by atoms with E-state index < -0.39 is 10.5 Å². The Kier molecular flexibility index (Phi) is 4.71. The number of piperidine rings is 1. The second kappa shape index (κ2) is 6.76. The lowest BCUT2D eigenvalue weighted by molar-refractivity contribution is -0.385. The molecule has 2 amide bonds. The van der Waals surface area contributed by atoms with Gasteiger partial charge >= 0.3 is 6.03 Å². The standard InChI is InChI=1S/C17H23N3O4/c21-16(18-11-13-5-1-2-7-15(13)20(23)24)19-10-9-17(22)8-4-3-6-14(17)12-19/h1-2,5,7,14,22H,3-4,6,8-12H2,(H,18,21)/t14-,17-/m1/s1. The van der Waals surface area contributed by atoms with Crippen LogP contribution in [0.15, 0.2) is 24.3 Å². The Bertz CT molecular complexity index is 636. The summed E-state index contributed by atoms with van der Waals surface area (Å²) in [5.74, 6) is 0.136. The van der Waals surface area contributed by atoms with Crippen LogP contribution < -0.4 is 5.32 Å². The van der Waals surface area contributed by atoms with Gasteiger partial charge in [0, 0.05) is 30.6 Å². The number of likely N-dealkylation sites (tertiary alicyclic amines) is 1. The zero-order valence-corrected chi connectivity index (χ0v) is 13.6. The van der Waals surface area contributed by atoms with Gasteiger partial charge in [-0.3, -0.25) is 10.1 Å². The monoisotopic (exact) mass is 333 g/mol. The number of nitro benzene ring substituents is 1. The first-order valence-corrected chi connectivity index (χ1v) is 8.47. The number of nitrogens with zero attached hydrogens (tertiary/aromatic N) is 2. The first-order chi connectivity index (χ1) is 11.5. The Balaban J connectivity index is 1.59. The van der Waals surface area contributed by atoms with Crippen molar-refractivity contribution < 1.29 is 14.8 Å². The van der Waals surface area contributed by atoms with E-state index >= 15 is 0 Å². The van der Waals surface area contributed by atoms with Crippen LogP contribution in [0.2, 0.25) is 0 Å². The van der Waals surface area contributed by atoms with Crippen molar-refractivity contribution in [2.75, 3.05) is 13.1 Å². The fraction of sp³-hybridized carbons (Fsp3) is 0.588. The molecule has 1 aromatic carbocycles. The van der Waals surface area contributed by atoms with Crippen LogP contribution in [0.25, 0.3) is 0 Å². The molecule has 1 heterocycles. The predicted molar refractivity (Wildman–Crippen MR) is 88.4 cm³/mol. The van der Waals surface area contributed by atoms with Gasteiger partial charge in [0.2, 0.25) is 0 Å². The molecule has 1 aliphatic heterocycles. The van der Waals surface area contributed by atoms with E-state index in [2.05, 4.69) is 5.32 Å². The molecule has 2 atom stereocenters. The zero-order valence-electron chi connectivity index (χ0n) is 13.6. The number of hydrogen-bond donors (Lipinski definition) is 2. The van der Waals surface area contributed by atoms with Gasteiger partial charge in [0.1, 0.15) is 0 Å². The molecule has 2 fully saturated rings. The molecule has 7 nitrogen and oxygen atoms in total. The molecule has 2 aliphatic rings. The average molecular weight is 333 g/mol. The Morgan fingerprint density at radius 2 is 2.17 bits per heavy atom. The SMILES string of the molecule is O=C(NCc1ccccc1[N+](=O)[O-])N1CC[C@]2(O)CCCC[C@@H]2C1. The molecule has 1 aromatic rings. The van der Waals surface area contributed by atoms with Gasteiger partial charge in [-0.25, -0.2) is 4.79 Å². The minimum absolute atomic E-state index is 0.0121. The Labute approximate surface area is 140 Å². The number of urea groups is 1. The first kappa shape index (κ1) is 16.7. The van der Waals surface area contributed by atoms with E-state index in [1.807, 2.05) is 0 Å². The third kappa shape index (κ3) is 3.36. The van der Waals surface area contributed by atoms with Crippen LogP contribution in [0.1, 0.15) is 37.7 Å². The van der Waals surface area contributed by atoms with Crippen LogP contribution in [0, 0.1) is 16.0 Å². The summed E-state index contributed by atoms with van der Waals surface area (Å²) in [7, 11) is 0. The minimum Gasteiger partial charge on any atom is -0.389 e. The number of amides is 2. The van der Waals surface area contributed by atoms with E-state index in [1.165, 1.54) is 6.07 Å². The number of aliphatic hydroxyl groups is 1. The van der Waals surface area contributed by atoms with E-state index in [4.69, 9.17) is 0 Å². The van der Waals surface area contributed by atoms with Gasteiger partial charge < -0.3 is 15.3 Å². The first-order valence-electron chi connectivity index (χ1n) is 8.47. The molecular formula is C17H23N3O4. The van der Waals surface area contributed by atoms with Crippen molar-refractivity contribution in [3.05, 3.63) is 39.9 Å². The highest BCUT2D eigenvalue weighted by atomic mass is 16.6. The van der Waals surface area contributed by atoms with Crippen molar-refractivity contribution in [1.29, 1.82) is 0 Å². The molecule has 0 radical (unpaired) electrons.